The molecule has 6 nitrogen and oxygen atoms in total. The Labute approximate surface area is 196 Å². The summed E-state index contributed by atoms with van der Waals surface area (Å²) in [6.45, 7) is 1.59. The summed E-state index contributed by atoms with van der Waals surface area (Å²) in [5, 5.41) is 3.14. The summed E-state index contributed by atoms with van der Waals surface area (Å²) in [7, 11) is 4.01. The van der Waals surface area contributed by atoms with Gasteiger partial charge in [-0.1, -0.05) is 61.4 Å². The van der Waals surface area contributed by atoms with Crippen LogP contribution in [0.25, 0.3) is 0 Å². The van der Waals surface area contributed by atoms with E-state index in [1.54, 1.807) is 0 Å². The number of nitrogens with one attached hydrogen (secondary N) is 1. The molecular formula is C27H35N3O3. The van der Waals surface area contributed by atoms with E-state index in [9.17, 15) is 9.59 Å². The zero-order chi connectivity index (χ0) is 23.2. The molecule has 0 bridgehead atoms. The normalized spacial score (nSPS) is 19.5. The molecule has 1 aliphatic heterocycles. The average molecular weight is 450 g/mol. The highest BCUT2D eigenvalue weighted by molar-refractivity contribution is 5.89. The molecule has 33 heavy (non-hydrogen) atoms. The van der Waals surface area contributed by atoms with Crippen molar-refractivity contribution in [3.05, 3.63) is 65.7 Å². The van der Waals surface area contributed by atoms with Crippen molar-refractivity contribution < 1.29 is 14.3 Å². The molecule has 6 heteroatoms. The molecular weight excluding hydrogens is 414 g/mol. The number of rotatable bonds is 7. The molecule has 1 heterocycles. The number of para-hydroxylation sites is 1. The number of ether oxygens (including phenoxy) is 1. The molecule has 2 amide bonds. The molecule has 0 spiro atoms. The van der Waals surface area contributed by atoms with Gasteiger partial charge in [0.25, 0.3) is 0 Å². The standard InChI is InChI=1S/C27H35N3O3/c1-29(2)18-23-19-33-25-15-9-8-14-22(25)17-30(23)27(32)24(16-20-10-4-3-5-11-20)28-26(31)21-12-6-7-13-21/h3-5,8-11,14-15,21,23-24H,6-7,12-13,16-19H2,1-2H3,(H,28,31)/t23-,24+/m1/s1. The zero-order valence-electron chi connectivity index (χ0n) is 19.7. The Balaban J connectivity index is 1.61. The maximum Gasteiger partial charge on any atom is 0.246 e. The summed E-state index contributed by atoms with van der Waals surface area (Å²) in [5.41, 5.74) is 2.03. The van der Waals surface area contributed by atoms with Gasteiger partial charge in [0.1, 0.15) is 18.4 Å². The van der Waals surface area contributed by atoms with Crippen LogP contribution in [0.2, 0.25) is 0 Å². The fourth-order valence-corrected chi connectivity index (χ4v) is 4.92. The van der Waals surface area contributed by atoms with E-state index in [1.807, 2.05) is 73.6 Å². The number of carbonyl (C=O) groups excluding carboxylic acids is 2. The van der Waals surface area contributed by atoms with Gasteiger partial charge in [-0.25, -0.2) is 0 Å². The molecule has 1 N–H and O–H groups in total. The van der Waals surface area contributed by atoms with Crippen molar-refractivity contribution in [3.8, 4) is 5.75 Å². The van der Waals surface area contributed by atoms with Crippen LogP contribution in [0.3, 0.4) is 0 Å². The number of nitrogens with zero attached hydrogens (tertiary/aromatic N) is 2. The Bertz CT molecular complexity index is 941. The van der Waals surface area contributed by atoms with Crippen LogP contribution in [-0.2, 0) is 22.6 Å². The Hall–Kier alpha value is -2.86. The third-order valence-corrected chi connectivity index (χ3v) is 6.67. The topological polar surface area (TPSA) is 61.9 Å². The van der Waals surface area contributed by atoms with E-state index >= 15 is 0 Å². The van der Waals surface area contributed by atoms with E-state index in [1.165, 1.54) is 0 Å². The van der Waals surface area contributed by atoms with Crippen LogP contribution in [0.4, 0.5) is 0 Å². The molecule has 2 aromatic rings. The monoisotopic (exact) mass is 449 g/mol. The summed E-state index contributed by atoms with van der Waals surface area (Å²) in [5.74, 6) is 0.808. The lowest BCUT2D eigenvalue weighted by Crippen LogP contribution is -2.55. The minimum atomic E-state index is -0.601. The van der Waals surface area contributed by atoms with Gasteiger partial charge in [-0.05, 0) is 38.6 Å². The minimum absolute atomic E-state index is 0.0115. The number of benzene rings is 2. The zero-order valence-corrected chi connectivity index (χ0v) is 19.7. The SMILES string of the molecule is CN(C)C[C@@H]1COc2ccccc2CN1C(=O)[C@H](Cc1ccccc1)NC(=O)C1CCCC1. The Morgan fingerprint density at radius 1 is 1.06 bits per heavy atom. The van der Waals surface area contributed by atoms with Crippen molar-refractivity contribution in [2.24, 2.45) is 5.92 Å². The van der Waals surface area contributed by atoms with Crippen molar-refractivity contribution >= 4 is 11.8 Å². The first-order valence-corrected chi connectivity index (χ1v) is 12.0. The van der Waals surface area contributed by atoms with Gasteiger partial charge in [0, 0.05) is 31.0 Å². The highest BCUT2D eigenvalue weighted by Gasteiger charge is 2.35. The fourth-order valence-electron chi connectivity index (χ4n) is 4.92. The first-order chi connectivity index (χ1) is 16.0. The summed E-state index contributed by atoms with van der Waals surface area (Å²) in [6, 6.07) is 17.1. The number of amides is 2. The molecule has 0 radical (unpaired) electrons. The van der Waals surface area contributed by atoms with E-state index in [0.29, 0.717) is 26.1 Å². The highest BCUT2D eigenvalue weighted by atomic mass is 16.5. The molecule has 2 atom stereocenters. The van der Waals surface area contributed by atoms with Crippen LogP contribution < -0.4 is 10.1 Å². The predicted octanol–water partition coefficient (Wildman–Crippen LogP) is 3.26. The Kier molecular flexibility index (Phi) is 7.65. The molecule has 1 saturated carbocycles. The van der Waals surface area contributed by atoms with E-state index in [0.717, 1.165) is 42.6 Å². The largest absolute Gasteiger partial charge is 0.491 e. The van der Waals surface area contributed by atoms with E-state index < -0.39 is 6.04 Å². The van der Waals surface area contributed by atoms with Gasteiger partial charge in [0.15, 0.2) is 0 Å². The van der Waals surface area contributed by atoms with Crippen molar-refractivity contribution in [1.82, 2.24) is 15.1 Å². The van der Waals surface area contributed by atoms with Gasteiger partial charge in [-0.15, -0.1) is 0 Å². The van der Waals surface area contributed by atoms with Gasteiger partial charge < -0.3 is 19.9 Å². The number of carbonyl (C=O) groups is 2. The summed E-state index contributed by atoms with van der Waals surface area (Å²) < 4.78 is 6.09. The van der Waals surface area contributed by atoms with Crippen LogP contribution in [0, 0.1) is 5.92 Å². The second kappa shape index (κ2) is 10.8. The number of fused-ring (bicyclic) bond motifs is 1. The second-order valence-electron chi connectivity index (χ2n) is 9.53. The molecule has 1 fully saturated rings. The van der Waals surface area contributed by atoms with E-state index in [2.05, 4.69) is 10.2 Å². The van der Waals surface area contributed by atoms with Gasteiger partial charge >= 0.3 is 0 Å². The lowest BCUT2D eigenvalue weighted by atomic mass is 10.0. The molecule has 4 rings (SSSR count). The van der Waals surface area contributed by atoms with Gasteiger partial charge in [0.2, 0.25) is 11.8 Å². The summed E-state index contributed by atoms with van der Waals surface area (Å²) >= 11 is 0. The van der Waals surface area contributed by atoms with Gasteiger partial charge in [0.05, 0.1) is 6.04 Å². The molecule has 0 aromatic heterocycles. The van der Waals surface area contributed by atoms with Crippen LogP contribution in [0.15, 0.2) is 54.6 Å². The fraction of sp³-hybridized carbons (Fsp3) is 0.481. The van der Waals surface area contributed by atoms with Crippen LogP contribution >= 0.6 is 0 Å². The highest BCUT2D eigenvalue weighted by Crippen LogP contribution is 2.27. The Morgan fingerprint density at radius 2 is 1.76 bits per heavy atom. The minimum Gasteiger partial charge on any atom is -0.491 e. The van der Waals surface area contributed by atoms with Crippen LogP contribution in [-0.4, -0.2) is 60.9 Å². The molecule has 2 aromatic carbocycles. The number of hydrogen-bond donors (Lipinski definition) is 1. The van der Waals surface area contributed by atoms with Gasteiger partial charge in [-0.2, -0.15) is 0 Å². The first-order valence-electron chi connectivity index (χ1n) is 12.0. The second-order valence-corrected chi connectivity index (χ2v) is 9.53. The lowest BCUT2D eigenvalue weighted by Gasteiger charge is -2.34. The molecule has 2 aliphatic rings. The molecule has 1 aliphatic carbocycles. The Morgan fingerprint density at radius 3 is 2.48 bits per heavy atom. The van der Waals surface area contributed by atoms with Crippen molar-refractivity contribution in [3.63, 3.8) is 0 Å². The molecule has 0 unspecified atom stereocenters. The summed E-state index contributed by atoms with van der Waals surface area (Å²) in [4.78, 5) is 31.1. The van der Waals surface area contributed by atoms with Crippen LogP contribution in [0.5, 0.6) is 5.75 Å². The third kappa shape index (κ3) is 5.93. The smallest absolute Gasteiger partial charge is 0.246 e. The van der Waals surface area contributed by atoms with Crippen molar-refractivity contribution in [1.29, 1.82) is 0 Å². The van der Waals surface area contributed by atoms with Crippen LogP contribution in [0.1, 0.15) is 36.8 Å². The first kappa shape index (κ1) is 23.3. The maximum absolute atomic E-state index is 14.0. The average Bonchev–Trinajstić information content (AvgIpc) is 3.30. The van der Waals surface area contributed by atoms with E-state index in [4.69, 9.17) is 4.74 Å². The van der Waals surface area contributed by atoms with Gasteiger partial charge in [-0.3, -0.25) is 9.59 Å². The third-order valence-electron chi connectivity index (χ3n) is 6.67. The summed E-state index contributed by atoms with van der Waals surface area (Å²) in [6.07, 6.45) is 4.46. The predicted molar refractivity (Wildman–Crippen MR) is 129 cm³/mol. The lowest BCUT2D eigenvalue weighted by molar-refractivity contribution is -0.140. The van der Waals surface area contributed by atoms with Crippen molar-refractivity contribution in [2.45, 2.75) is 50.7 Å². The maximum atomic E-state index is 14.0. The van der Waals surface area contributed by atoms with Crippen molar-refractivity contribution in [2.75, 3.05) is 27.2 Å². The molecule has 0 saturated heterocycles. The quantitative estimate of drug-likeness (QED) is 0.705. The molecule has 176 valence electrons. The van der Waals surface area contributed by atoms with E-state index in [-0.39, 0.29) is 23.8 Å². The number of hydrogen-bond acceptors (Lipinski definition) is 4. The number of likely N-dealkylation sites (N-methyl/N-ethyl adjacent to an activating group) is 1.